The third kappa shape index (κ3) is 3.36. The summed E-state index contributed by atoms with van der Waals surface area (Å²) in [5.74, 6) is 1.82. The first-order valence-electron chi connectivity index (χ1n) is 6.89. The van der Waals surface area contributed by atoms with Crippen molar-refractivity contribution in [1.29, 1.82) is 0 Å². The molecule has 0 spiro atoms. The Bertz CT molecular complexity index is 212. The summed E-state index contributed by atoms with van der Waals surface area (Å²) >= 11 is 0. The molecule has 0 saturated carbocycles. The molecule has 1 aliphatic carbocycles. The van der Waals surface area contributed by atoms with Crippen LogP contribution in [0.1, 0.15) is 72.6 Å². The first-order chi connectivity index (χ1) is 7.20. The van der Waals surface area contributed by atoms with Crippen molar-refractivity contribution in [1.82, 2.24) is 0 Å². The number of hydrogen-bond acceptors (Lipinski definition) is 0. The minimum atomic E-state index is 0.912. The number of unbranched alkanes of at least 4 members (excludes halogenated alkanes) is 1. The molecule has 0 aromatic carbocycles. The Morgan fingerprint density at radius 3 is 2.67 bits per heavy atom. The lowest BCUT2D eigenvalue weighted by Crippen LogP contribution is -2.19. The molecule has 0 fully saturated rings. The molecule has 0 amide bonds. The van der Waals surface area contributed by atoms with Gasteiger partial charge in [-0.25, -0.2) is 0 Å². The highest BCUT2D eigenvalue weighted by atomic mass is 14.3. The quantitative estimate of drug-likeness (QED) is 0.535. The van der Waals surface area contributed by atoms with Crippen LogP contribution in [0.2, 0.25) is 0 Å². The van der Waals surface area contributed by atoms with E-state index in [4.69, 9.17) is 0 Å². The standard InChI is InChI=1S/C15H28/c1-5-7-9-13(4)15-11-8-10-12(3)14(15)6-2/h13,15H,5-11H2,1-4H3/t13?,15-/m0/s1. The molecule has 88 valence electrons. The van der Waals surface area contributed by atoms with Crippen LogP contribution < -0.4 is 0 Å². The van der Waals surface area contributed by atoms with Crippen molar-refractivity contribution >= 4 is 0 Å². The third-order valence-electron chi connectivity index (χ3n) is 4.14. The van der Waals surface area contributed by atoms with Crippen molar-refractivity contribution in [2.24, 2.45) is 11.8 Å². The third-order valence-corrected chi connectivity index (χ3v) is 4.14. The molecule has 0 saturated heterocycles. The van der Waals surface area contributed by atoms with Gasteiger partial charge in [0.1, 0.15) is 0 Å². The molecule has 0 heteroatoms. The van der Waals surface area contributed by atoms with Gasteiger partial charge in [0, 0.05) is 0 Å². The van der Waals surface area contributed by atoms with E-state index < -0.39 is 0 Å². The van der Waals surface area contributed by atoms with E-state index in [9.17, 15) is 0 Å². The van der Waals surface area contributed by atoms with Gasteiger partial charge in [-0.3, -0.25) is 0 Å². The summed E-state index contributed by atoms with van der Waals surface area (Å²) in [7, 11) is 0. The Balaban J connectivity index is 2.62. The molecule has 0 nitrogen and oxygen atoms in total. The Morgan fingerprint density at radius 1 is 1.33 bits per heavy atom. The minimum Gasteiger partial charge on any atom is -0.0738 e. The zero-order valence-corrected chi connectivity index (χ0v) is 11.1. The highest BCUT2D eigenvalue weighted by Crippen LogP contribution is 2.38. The Kier molecular flexibility index (Phi) is 5.42. The van der Waals surface area contributed by atoms with E-state index in [0.29, 0.717) is 0 Å². The van der Waals surface area contributed by atoms with E-state index in [1.165, 1.54) is 44.9 Å². The van der Waals surface area contributed by atoms with E-state index in [1.54, 1.807) is 11.1 Å². The fraction of sp³-hybridized carbons (Fsp3) is 0.867. The largest absolute Gasteiger partial charge is 0.0738 e. The van der Waals surface area contributed by atoms with Crippen LogP contribution in [-0.2, 0) is 0 Å². The molecule has 0 bridgehead atoms. The molecule has 2 atom stereocenters. The summed E-state index contributed by atoms with van der Waals surface area (Å²) in [6, 6.07) is 0. The first kappa shape index (κ1) is 12.8. The molecule has 0 aromatic heterocycles. The average molecular weight is 208 g/mol. The van der Waals surface area contributed by atoms with Crippen LogP contribution >= 0.6 is 0 Å². The predicted molar refractivity (Wildman–Crippen MR) is 69.0 cm³/mol. The molecule has 15 heavy (non-hydrogen) atoms. The molecule has 1 unspecified atom stereocenters. The summed E-state index contributed by atoms with van der Waals surface area (Å²) in [6.07, 6.45) is 9.71. The van der Waals surface area contributed by atoms with E-state index in [1.807, 2.05) is 0 Å². The summed E-state index contributed by atoms with van der Waals surface area (Å²) in [6.45, 7) is 9.46. The lowest BCUT2D eigenvalue weighted by molar-refractivity contribution is 0.327. The summed E-state index contributed by atoms with van der Waals surface area (Å²) in [5, 5.41) is 0. The number of rotatable bonds is 5. The highest BCUT2D eigenvalue weighted by Gasteiger charge is 2.24. The van der Waals surface area contributed by atoms with Crippen molar-refractivity contribution in [2.75, 3.05) is 0 Å². The predicted octanol–water partition coefficient (Wildman–Crippen LogP) is 5.34. The zero-order chi connectivity index (χ0) is 11.3. The van der Waals surface area contributed by atoms with Gasteiger partial charge in [-0.2, -0.15) is 0 Å². The molecule has 0 aromatic rings. The fourth-order valence-corrected chi connectivity index (χ4v) is 3.16. The van der Waals surface area contributed by atoms with Gasteiger partial charge in [0.2, 0.25) is 0 Å². The van der Waals surface area contributed by atoms with Gasteiger partial charge >= 0.3 is 0 Å². The lowest BCUT2D eigenvalue weighted by atomic mass is 9.74. The van der Waals surface area contributed by atoms with Crippen LogP contribution in [-0.4, -0.2) is 0 Å². The van der Waals surface area contributed by atoms with Crippen LogP contribution in [0.25, 0.3) is 0 Å². The Labute approximate surface area is 96.2 Å². The smallest absolute Gasteiger partial charge is 0.0175 e. The van der Waals surface area contributed by atoms with Crippen LogP contribution in [0.15, 0.2) is 11.1 Å². The SMILES string of the molecule is CCCCC(C)[C@@H]1CCCC(C)=C1CC. The number of hydrogen-bond donors (Lipinski definition) is 0. The molecule has 0 radical (unpaired) electrons. The maximum Gasteiger partial charge on any atom is -0.0175 e. The molecule has 0 N–H and O–H groups in total. The van der Waals surface area contributed by atoms with Crippen molar-refractivity contribution in [3.05, 3.63) is 11.1 Å². The second-order valence-corrected chi connectivity index (χ2v) is 5.28. The van der Waals surface area contributed by atoms with Crippen molar-refractivity contribution < 1.29 is 0 Å². The van der Waals surface area contributed by atoms with Crippen molar-refractivity contribution in [3.8, 4) is 0 Å². The number of allylic oxidation sites excluding steroid dienone is 2. The average Bonchev–Trinajstić information content (AvgIpc) is 2.25. The summed E-state index contributed by atoms with van der Waals surface area (Å²) < 4.78 is 0. The molecular weight excluding hydrogens is 180 g/mol. The molecular formula is C15H28. The highest BCUT2D eigenvalue weighted by molar-refractivity contribution is 5.18. The molecule has 0 heterocycles. The molecule has 0 aliphatic heterocycles. The van der Waals surface area contributed by atoms with E-state index >= 15 is 0 Å². The van der Waals surface area contributed by atoms with Crippen LogP contribution in [0.5, 0.6) is 0 Å². The normalized spacial score (nSPS) is 24.4. The van der Waals surface area contributed by atoms with Crippen molar-refractivity contribution in [2.45, 2.75) is 72.6 Å². The second-order valence-electron chi connectivity index (χ2n) is 5.28. The Hall–Kier alpha value is -0.260. The lowest BCUT2D eigenvalue weighted by Gasteiger charge is -2.32. The monoisotopic (exact) mass is 208 g/mol. The van der Waals surface area contributed by atoms with Gasteiger partial charge in [0.05, 0.1) is 0 Å². The van der Waals surface area contributed by atoms with Gasteiger partial charge < -0.3 is 0 Å². The minimum absolute atomic E-state index is 0.912. The van der Waals surface area contributed by atoms with E-state index in [0.717, 1.165) is 11.8 Å². The van der Waals surface area contributed by atoms with Gasteiger partial charge in [-0.15, -0.1) is 0 Å². The molecule has 1 rings (SSSR count). The van der Waals surface area contributed by atoms with Gasteiger partial charge in [0.15, 0.2) is 0 Å². The first-order valence-corrected chi connectivity index (χ1v) is 6.89. The van der Waals surface area contributed by atoms with Crippen LogP contribution in [0.3, 0.4) is 0 Å². The maximum absolute atomic E-state index is 2.47. The summed E-state index contributed by atoms with van der Waals surface area (Å²) in [5.41, 5.74) is 3.50. The Morgan fingerprint density at radius 2 is 2.07 bits per heavy atom. The van der Waals surface area contributed by atoms with Gasteiger partial charge in [-0.05, 0) is 44.4 Å². The van der Waals surface area contributed by atoms with E-state index in [2.05, 4.69) is 27.7 Å². The van der Waals surface area contributed by atoms with Crippen LogP contribution in [0, 0.1) is 11.8 Å². The topological polar surface area (TPSA) is 0 Å². The second kappa shape index (κ2) is 6.35. The maximum atomic E-state index is 2.47. The van der Waals surface area contributed by atoms with Crippen LogP contribution in [0.4, 0.5) is 0 Å². The zero-order valence-electron chi connectivity index (χ0n) is 11.1. The van der Waals surface area contributed by atoms with Gasteiger partial charge in [0.25, 0.3) is 0 Å². The molecule has 1 aliphatic rings. The van der Waals surface area contributed by atoms with Gasteiger partial charge in [-0.1, -0.05) is 51.2 Å². The van der Waals surface area contributed by atoms with Crippen molar-refractivity contribution in [3.63, 3.8) is 0 Å². The van der Waals surface area contributed by atoms with E-state index in [-0.39, 0.29) is 0 Å². The summed E-state index contributed by atoms with van der Waals surface area (Å²) in [4.78, 5) is 0. The fourth-order valence-electron chi connectivity index (χ4n) is 3.16.